The number of hydrogen-bond acceptors (Lipinski definition) is 4. The zero-order valence-corrected chi connectivity index (χ0v) is 11.2. The highest BCUT2D eigenvalue weighted by Crippen LogP contribution is 2.27. The minimum absolute atomic E-state index is 0.779. The number of hydrogen-bond donors (Lipinski definition) is 1. The summed E-state index contributed by atoms with van der Waals surface area (Å²) in [7, 11) is 0. The Morgan fingerprint density at radius 3 is 2.83 bits per heavy atom. The van der Waals surface area contributed by atoms with Crippen molar-refractivity contribution in [3.8, 4) is 0 Å². The molecule has 3 heterocycles. The summed E-state index contributed by atoms with van der Waals surface area (Å²) in [5.74, 6) is 2.06. The molecular weight excluding hydrogens is 226 g/mol. The summed E-state index contributed by atoms with van der Waals surface area (Å²) in [5.41, 5.74) is 0. The Kier molecular flexibility index (Phi) is 3.50. The van der Waals surface area contributed by atoms with Crippen molar-refractivity contribution in [3.63, 3.8) is 0 Å². The zero-order valence-electron chi connectivity index (χ0n) is 11.2. The van der Waals surface area contributed by atoms with Gasteiger partial charge in [-0.2, -0.15) is 0 Å². The van der Waals surface area contributed by atoms with Crippen LogP contribution in [0.1, 0.15) is 32.6 Å². The van der Waals surface area contributed by atoms with E-state index in [1.165, 1.54) is 38.0 Å². The van der Waals surface area contributed by atoms with E-state index in [1.807, 2.05) is 10.9 Å². The number of aryl methyl sites for hydroxylation is 1. The highest BCUT2D eigenvalue weighted by Gasteiger charge is 2.29. The summed E-state index contributed by atoms with van der Waals surface area (Å²) in [4.78, 5) is 2.44. The third-order valence-electron chi connectivity index (χ3n) is 4.43. The molecule has 1 N–H and O–H groups in total. The third kappa shape index (κ3) is 2.23. The number of aromatic nitrogens is 3. The minimum atomic E-state index is 0.779. The molecule has 1 aromatic rings. The molecule has 5 nitrogen and oxygen atoms in total. The van der Waals surface area contributed by atoms with Gasteiger partial charge in [0.15, 0.2) is 0 Å². The second-order valence-corrected chi connectivity index (χ2v) is 5.44. The number of anilines is 1. The van der Waals surface area contributed by atoms with Crippen LogP contribution in [0.3, 0.4) is 0 Å². The molecule has 0 bridgehead atoms. The van der Waals surface area contributed by atoms with Gasteiger partial charge in [0.25, 0.3) is 0 Å². The van der Waals surface area contributed by atoms with Crippen LogP contribution in [0.15, 0.2) is 6.20 Å². The van der Waals surface area contributed by atoms with E-state index in [0.717, 1.165) is 31.6 Å². The van der Waals surface area contributed by atoms with E-state index in [4.69, 9.17) is 0 Å². The number of nitrogens with zero attached hydrogens (tertiary/aromatic N) is 4. The third-order valence-corrected chi connectivity index (χ3v) is 4.43. The van der Waals surface area contributed by atoms with Gasteiger partial charge in [-0.3, -0.25) is 0 Å². The maximum absolute atomic E-state index is 4.12. The summed E-state index contributed by atoms with van der Waals surface area (Å²) < 4.78 is 1.99. The van der Waals surface area contributed by atoms with Gasteiger partial charge in [0.1, 0.15) is 5.82 Å². The van der Waals surface area contributed by atoms with Gasteiger partial charge in [-0.25, -0.2) is 4.68 Å². The highest BCUT2D eigenvalue weighted by molar-refractivity contribution is 5.36. The molecule has 0 saturated carbocycles. The smallest absolute Gasteiger partial charge is 0.147 e. The van der Waals surface area contributed by atoms with E-state index in [1.54, 1.807) is 0 Å². The summed E-state index contributed by atoms with van der Waals surface area (Å²) in [6.07, 6.45) is 7.23. The average molecular weight is 249 g/mol. The summed E-state index contributed by atoms with van der Waals surface area (Å²) >= 11 is 0. The predicted molar refractivity (Wildman–Crippen MR) is 71.7 cm³/mol. The second kappa shape index (κ2) is 5.26. The van der Waals surface area contributed by atoms with Crippen molar-refractivity contribution in [1.29, 1.82) is 0 Å². The molecule has 0 amide bonds. The fourth-order valence-electron chi connectivity index (χ4n) is 3.37. The van der Waals surface area contributed by atoms with Crippen LogP contribution < -0.4 is 10.2 Å². The van der Waals surface area contributed by atoms with Gasteiger partial charge < -0.3 is 10.2 Å². The predicted octanol–water partition coefficient (Wildman–Crippen LogP) is 1.27. The van der Waals surface area contributed by atoms with Crippen molar-refractivity contribution in [2.45, 2.75) is 45.2 Å². The molecule has 2 aliphatic heterocycles. The Labute approximate surface area is 109 Å². The average Bonchev–Trinajstić information content (AvgIpc) is 3.10. The van der Waals surface area contributed by atoms with Crippen LogP contribution in [0.5, 0.6) is 0 Å². The van der Waals surface area contributed by atoms with Gasteiger partial charge >= 0.3 is 0 Å². The summed E-state index contributed by atoms with van der Waals surface area (Å²) in [6, 6.07) is 0.779. The molecule has 0 radical (unpaired) electrons. The molecular formula is C13H23N5. The van der Waals surface area contributed by atoms with Crippen molar-refractivity contribution in [2.75, 3.05) is 24.5 Å². The number of piperidine rings is 1. The fraction of sp³-hybridized carbons (Fsp3) is 0.846. The summed E-state index contributed by atoms with van der Waals surface area (Å²) in [6.45, 7) is 6.54. The zero-order chi connectivity index (χ0) is 12.4. The van der Waals surface area contributed by atoms with Crippen LogP contribution in [0, 0.1) is 5.92 Å². The lowest BCUT2D eigenvalue weighted by atomic mass is 9.88. The minimum Gasteiger partial charge on any atom is -0.355 e. The maximum atomic E-state index is 4.12. The van der Waals surface area contributed by atoms with Gasteiger partial charge in [-0.15, -0.1) is 5.10 Å². The van der Waals surface area contributed by atoms with Gasteiger partial charge in [0.2, 0.25) is 0 Å². The topological polar surface area (TPSA) is 46.0 Å². The molecule has 0 aromatic carbocycles. The first kappa shape index (κ1) is 12.0. The van der Waals surface area contributed by atoms with Crippen LogP contribution >= 0.6 is 0 Å². The first-order valence-electron chi connectivity index (χ1n) is 7.25. The van der Waals surface area contributed by atoms with E-state index in [9.17, 15) is 0 Å². The Balaban J connectivity index is 1.59. The van der Waals surface area contributed by atoms with Crippen molar-refractivity contribution < 1.29 is 0 Å². The molecule has 2 fully saturated rings. The monoisotopic (exact) mass is 249 g/mol. The second-order valence-electron chi connectivity index (χ2n) is 5.44. The first-order valence-corrected chi connectivity index (χ1v) is 7.25. The van der Waals surface area contributed by atoms with Crippen molar-refractivity contribution in [3.05, 3.63) is 6.20 Å². The molecule has 1 atom stereocenters. The van der Waals surface area contributed by atoms with Crippen LogP contribution in [-0.2, 0) is 6.54 Å². The standard InChI is InChI=1S/C13H23N5/c1-2-18-13(10-15-16-18)17-8-5-11(6-9-17)12-4-3-7-14-12/h10-12,14H,2-9H2,1H3. The van der Waals surface area contributed by atoms with E-state index < -0.39 is 0 Å². The molecule has 1 aromatic heterocycles. The van der Waals surface area contributed by atoms with E-state index in [-0.39, 0.29) is 0 Å². The number of nitrogens with one attached hydrogen (secondary N) is 1. The Morgan fingerprint density at radius 1 is 1.33 bits per heavy atom. The lowest BCUT2D eigenvalue weighted by Gasteiger charge is -2.35. The largest absolute Gasteiger partial charge is 0.355 e. The molecule has 2 saturated heterocycles. The normalized spacial score (nSPS) is 25.8. The van der Waals surface area contributed by atoms with Crippen LogP contribution in [0.4, 0.5) is 5.82 Å². The summed E-state index contributed by atoms with van der Waals surface area (Å²) in [5, 5.41) is 11.8. The van der Waals surface area contributed by atoms with Gasteiger partial charge in [0, 0.05) is 25.7 Å². The van der Waals surface area contributed by atoms with E-state index >= 15 is 0 Å². The maximum Gasteiger partial charge on any atom is 0.147 e. The Morgan fingerprint density at radius 2 is 2.17 bits per heavy atom. The molecule has 2 aliphatic rings. The molecule has 3 rings (SSSR count). The molecule has 0 spiro atoms. The molecule has 0 aliphatic carbocycles. The van der Waals surface area contributed by atoms with Gasteiger partial charge in [-0.05, 0) is 45.1 Å². The van der Waals surface area contributed by atoms with E-state index in [0.29, 0.717) is 0 Å². The van der Waals surface area contributed by atoms with Crippen LogP contribution in [0.25, 0.3) is 0 Å². The quantitative estimate of drug-likeness (QED) is 0.876. The lowest BCUT2D eigenvalue weighted by molar-refractivity contribution is 0.317. The SMILES string of the molecule is CCn1nncc1N1CCC(C2CCCN2)CC1. The lowest BCUT2D eigenvalue weighted by Crippen LogP contribution is -2.41. The van der Waals surface area contributed by atoms with Crippen molar-refractivity contribution >= 4 is 5.82 Å². The van der Waals surface area contributed by atoms with Crippen LogP contribution in [-0.4, -0.2) is 40.7 Å². The van der Waals surface area contributed by atoms with Crippen molar-refractivity contribution in [1.82, 2.24) is 20.3 Å². The van der Waals surface area contributed by atoms with Gasteiger partial charge in [0.05, 0.1) is 6.20 Å². The molecule has 100 valence electrons. The Hall–Kier alpha value is -1.10. The molecule has 1 unspecified atom stereocenters. The molecule has 5 heteroatoms. The van der Waals surface area contributed by atoms with Gasteiger partial charge in [-0.1, -0.05) is 5.21 Å². The molecule has 18 heavy (non-hydrogen) atoms. The van der Waals surface area contributed by atoms with Crippen LogP contribution in [0.2, 0.25) is 0 Å². The highest BCUT2D eigenvalue weighted by atomic mass is 15.5. The fourth-order valence-corrected chi connectivity index (χ4v) is 3.37. The van der Waals surface area contributed by atoms with Crippen molar-refractivity contribution in [2.24, 2.45) is 5.92 Å². The first-order chi connectivity index (χ1) is 8.88. The van der Waals surface area contributed by atoms with E-state index in [2.05, 4.69) is 27.5 Å². The Bertz CT molecular complexity index is 374. The number of rotatable bonds is 3.